The maximum Gasteiger partial charge on any atom is 0.253 e. The normalized spacial score (nSPS) is 19.9. The number of hydrogen-bond donors (Lipinski definition) is 3. The Kier molecular flexibility index (Phi) is 7.20. The Hall–Kier alpha value is -3.35. The Morgan fingerprint density at radius 2 is 1.68 bits per heavy atom. The van der Waals surface area contributed by atoms with Crippen LogP contribution in [0.2, 0.25) is 0 Å². The summed E-state index contributed by atoms with van der Waals surface area (Å²) >= 11 is 0. The lowest BCUT2D eigenvalue weighted by molar-refractivity contribution is -0.114. The van der Waals surface area contributed by atoms with Gasteiger partial charge in [0.15, 0.2) is 0 Å². The predicted octanol–water partition coefficient (Wildman–Crippen LogP) is 4.06. The number of nitrogens with zero attached hydrogens (tertiary/aromatic N) is 1. The largest absolute Gasteiger partial charge is 0.376 e. The van der Waals surface area contributed by atoms with E-state index in [1.165, 1.54) is 0 Å². The number of hydrogen-bond acceptors (Lipinski definition) is 4. The molecule has 34 heavy (non-hydrogen) atoms. The third-order valence-corrected chi connectivity index (χ3v) is 6.44. The van der Waals surface area contributed by atoms with Crippen molar-refractivity contribution < 1.29 is 14.4 Å². The minimum Gasteiger partial charge on any atom is -0.376 e. The van der Waals surface area contributed by atoms with Crippen LogP contribution in [0.5, 0.6) is 0 Å². The number of nitrogens with one attached hydrogen (secondary N) is 3. The average Bonchev–Trinajstić information content (AvgIpc) is 3.61. The van der Waals surface area contributed by atoms with Crippen LogP contribution in [0.3, 0.4) is 0 Å². The molecule has 3 N–H and O–H groups in total. The molecule has 1 aliphatic heterocycles. The maximum absolute atomic E-state index is 13.1. The van der Waals surface area contributed by atoms with Crippen molar-refractivity contribution in [1.29, 1.82) is 0 Å². The van der Waals surface area contributed by atoms with Gasteiger partial charge in [-0.05, 0) is 67.9 Å². The second-order valence-electron chi connectivity index (χ2n) is 9.88. The van der Waals surface area contributed by atoms with E-state index < -0.39 is 0 Å². The second-order valence-corrected chi connectivity index (χ2v) is 9.88. The van der Waals surface area contributed by atoms with Gasteiger partial charge >= 0.3 is 0 Å². The molecule has 1 saturated heterocycles. The van der Waals surface area contributed by atoms with E-state index in [0.29, 0.717) is 28.7 Å². The maximum atomic E-state index is 13.1. The fourth-order valence-corrected chi connectivity index (χ4v) is 4.61. The average molecular weight is 463 g/mol. The van der Waals surface area contributed by atoms with E-state index in [0.717, 1.165) is 43.6 Å². The highest BCUT2D eigenvalue weighted by molar-refractivity contribution is 6.04. The number of para-hydroxylation sites is 1. The molecule has 2 fully saturated rings. The first-order valence-corrected chi connectivity index (χ1v) is 12.1. The second kappa shape index (κ2) is 10.3. The van der Waals surface area contributed by atoms with Gasteiger partial charge in [0, 0.05) is 30.4 Å². The highest BCUT2D eigenvalue weighted by Gasteiger charge is 2.27. The topological polar surface area (TPSA) is 90.5 Å². The molecule has 1 heterocycles. The molecule has 7 heteroatoms. The van der Waals surface area contributed by atoms with Crippen molar-refractivity contribution in [2.45, 2.75) is 46.1 Å². The lowest BCUT2D eigenvalue weighted by Crippen LogP contribution is -2.42. The molecule has 2 aromatic rings. The van der Waals surface area contributed by atoms with Crippen molar-refractivity contribution in [3.05, 3.63) is 59.2 Å². The van der Waals surface area contributed by atoms with Crippen LogP contribution in [-0.2, 0) is 4.79 Å². The highest BCUT2D eigenvalue weighted by Crippen LogP contribution is 2.25. The van der Waals surface area contributed by atoms with Crippen LogP contribution < -0.4 is 16.0 Å². The third-order valence-electron chi connectivity index (χ3n) is 6.44. The summed E-state index contributed by atoms with van der Waals surface area (Å²) in [6.07, 6.45) is 3.15. The first-order chi connectivity index (χ1) is 16.3. The van der Waals surface area contributed by atoms with E-state index in [9.17, 15) is 14.4 Å². The summed E-state index contributed by atoms with van der Waals surface area (Å²) < 4.78 is 0. The molecule has 0 aromatic heterocycles. The van der Waals surface area contributed by atoms with Crippen LogP contribution in [0.15, 0.2) is 42.5 Å². The number of likely N-dealkylation sites (tertiary alicyclic amines) is 1. The lowest BCUT2D eigenvalue weighted by atomic mass is 9.91. The summed E-state index contributed by atoms with van der Waals surface area (Å²) in [5.74, 6) is 0.583. The number of rotatable bonds is 7. The van der Waals surface area contributed by atoms with Gasteiger partial charge in [-0.2, -0.15) is 0 Å². The molecule has 180 valence electrons. The van der Waals surface area contributed by atoms with E-state index in [1.807, 2.05) is 30.0 Å². The van der Waals surface area contributed by atoms with Crippen molar-refractivity contribution in [1.82, 2.24) is 10.2 Å². The Morgan fingerprint density at radius 1 is 0.971 bits per heavy atom. The van der Waals surface area contributed by atoms with Gasteiger partial charge < -0.3 is 20.9 Å². The van der Waals surface area contributed by atoms with Crippen molar-refractivity contribution >= 4 is 29.1 Å². The highest BCUT2D eigenvalue weighted by atomic mass is 16.2. The number of amides is 3. The van der Waals surface area contributed by atoms with E-state index >= 15 is 0 Å². The van der Waals surface area contributed by atoms with Gasteiger partial charge in [-0.1, -0.05) is 32.0 Å². The van der Waals surface area contributed by atoms with Crippen molar-refractivity contribution in [3.8, 4) is 0 Å². The first kappa shape index (κ1) is 23.8. The van der Waals surface area contributed by atoms with E-state index in [1.54, 1.807) is 24.3 Å². The quantitative estimate of drug-likeness (QED) is 0.579. The molecule has 1 saturated carbocycles. The molecule has 2 unspecified atom stereocenters. The number of aryl methyl sites for hydroxylation is 1. The minimum atomic E-state index is -0.263. The van der Waals surface area contributed by atoms with Crippen LogP contribution in [0.1, 0.15) is 59.4 Å². The molecule has 2 atom stereocenters. The molecular weight excluding hydrogens is 428 g/mol. The molecule has 1 aliphatic carbocycles. The molecule has 2 aromatic carbocycles. The van der Waals surface area contributed by atoms with E-state index in [2.05, 4.69) is 29.8 Å². The monoisotopic (exact) mass is 462 g/mol. The summed E-state index contributed by atoms with van der Waals surface area (Å²) in [6, 6.07) is 12.8. The number of carbonyl (C=O) groups excluding carboxylic acids is 3. The molecule has 4 rings (SSSR count). The first-order valence-electron chi connectivity index (χ1n) is 12.1. The zero-order chi connectivity index (χ0) is 24.2. The number of benzene rings is 2. The molecule has 2 aliphatic rings. The molecule has 0 radical (unpaired) electrons. The molecule has 0 bridgehead atoms. The van der Waals surface area contributed by atoms with Gasteiger partial charge in [-0.25, -0.2) is 0 Å². The van der Waals surface area contributed by atoms with Gasteiger partial charge in [0.25, 0.3) is 11.8 Å². The van der Waals surface area contributed by atoms with Gasteiger partial charge in [0.05, 0.1) is 17.8 Å². The number of piperidine rings is 1. The van der Waals surface area contributed by atoms with Crippen molar-refractivity contribution in [2.75, 3.05) is 30.3 Å². The summed E-state index contributed by atoms with van der Waals surface area (Å²) in [7, 11) is 0. The van der Waals surface area contributed by atoms with Crippen molar-refractivity contribution in [2.24, 2.45) is 11.8 Å². The Morgan fingerprint density at radius 3 is 2.38 bits per heavy atom. The van der Waals surface area contributed by atoms with Gasteiger partial charge in [-0.3, -0.25) is 14.4 Å². The fourth-order valence-electron chi connectivity index (χ4n) is 4.61. The Balaban J connectivity index is 1.39. The van der Waals surface area contributed by atoms with Gasteiger partial charge in [0.2, 0.25) is 5.91 Å². The van der Waals surface area contributed by atoms with Crippen LogP contribution >= 0.6 is 0 Å². The van der Waals surface area contributed by atoms with Gasteiger partial charge in [0.1, 0.15) is 0 Å². The SMILES string of the molecule is Cc1ccc(C(=O)N2CC(C)CC(C)C2)cc1NCC(=O)Nc1ccccc1C(=O)NC1CC1. The minimum absolute atomic E-state index is 0.0227. The zero-order valence-corrected chi connectivity index (χ0v) is 20.2. The summed E-state index contributed by atoms with van der Waals surface area (Å²) in [4.78, 5) is 40.2. The van der Waals surface area contributed by atoms with E-state index in [4.69, 9.17) is 0 Å². The molecule has 3 amide bonds. The van der Waals surface area contributed by atoms with E-state index in [-0.39, 0.29) is 30.3 Å². The van der Waals surface area contributed by atoms with Gasteiger partial charge in [-0.15, -0.1) is 0 Å². The number of anilines is 2. The molecular formula is C27H34N4O3. The molecule has 0 spiro atoms. The zero-order valence-electron chi connectivity index (χ0n) is 20.2. The van der Waals surface area contributed by atoms with Crippen LogP contribution in [0, 0.1) is 18.8 Å². The van der Waals surface area contributed by atoms with Crippen LogP contribution in [0.25, 0.3) is 0 Å². The Bertz CT molecular complexity index is 1070. The summed E-state index contributed by atoms with van der Waals surface area (Å²) in [6.45, 7) is 7.88. The van der Waals surface area contributed by atoms with Crippen molar-refractivity contribution in [3.63, 3.8) is 0 Å². The lowest BCUT2D eigenvalue weighted by Gasteiger charge is -2.35. The molecule has 7 nitrogen and oxygen atoms in total. The predicted molar refractivity (Wildman–Crippen MR) is 134 cm³/mol. The fraction of sp³-hybridized carbons (Fsp3) is 0.444. The van der Waals surface area contributed by atoms with Crippen LogP contribution in [-0.4, -0.2) is 48.3 Å². The standard InChI is InChI=1S/C27H34N4O3/c1-17-12-18(2)16-31(15-17)27(34)20-9-8-19(3)24(13-20)28-14-25(32)30-23-7-5-4-6-22(23)26(33)29-21-10-11-21/h4-9,13,17-18,21,28H,10-12,14-16H2,1-3H3,(H,29,33)(H,30,32). The smallest absolute Gasteiger partial charge is 0.253 e. The number of carbonyl (C=O) groups is 3. The Labute approximate surface area is 201 Å². The van der Waals surface area contributed by atoms with Crippen LogP contribution in [0.4, 0.5) is 11.4 Å². The third kappa shape index (κ3) is 5.95. The summed E-state index contributed by atoms with van der Waals surface area (Å²) in [5, 5.41) is 8.95. The summed E-state index contributed by atoms with van der Waals surface area (Å²) in [5.41, 5.74) is 3.27.